The molecule has 2 N–H and O–H groups in total. The van der Waals surface area contributed by atoms with Crippen LogP contribution in [-0.4, -0.2) is 48.1 Å². The molecule has 5 nitrogen and oxygen atoms in total. The van der Waals surface area contributed by atoms with Crippen LogP contribution in [0.3, 0.4) is 0 Å². The summed E-state index contributed by atoms with van der Waals surface area (Å²) in [6, 6.07) is 1.87. The fraction of sp³-hybridized carbons (Fsp3) is 0.636. The van der Waals surface area contributed by atoms with E-state index in [2.05, 4.69) is 26.8 Å². The molecule has 0 saturated carbocycles. The molecule has 3 rings (SSSR count). The van der Waals surface area contributed by atoms with Crippen LogP contribution in [0.4, 0.5) is 11.6 Å². The maximum absolute atomic E-state index is 5.68. The highest BCUT2D eigenvalue weighted by molar-refractivity contribution is 5.47. The summed E-state index contributed by atoms with van der Waals surface area (Å²) in [6.45, 7) is 4.63. The Balaban J connectivity index is 1.75. The van der Waals surface area contributed by atoms with E-state index >= 15 is 0 Å². The van der Waals surface area contributed by atoms with Crippen LogP contribution in [0.15, 0.2) is 12.4 Å². The van der Waals surface area contributed by atoms with Gasteiger partial charge in [0.2, 0.25) is 0 Å². The zero-order valence-electron chi connectivity index (χ0n) is 9.50. The number of fused-ring (bicyclic) bond motifs is 1. The molecule has 1 aromatic rings. The predicted molar refractivity (Wildman–Crippen MR) is 63.1 cm³/mol. The summed E-state index contributed by atoms with van der Waals surface area (Å²) in [5.41, 5.74) is 5.68. The number of hydrogen-bond acceptors (Lipinski definition) is 5. The average Bonchev–Trinajstić information content (AvgIpc) is 2.74. The van der Waals surface area contributed by atoms with Gasteiger partial charge in [-0.15, -0.1) is 0 Å². The molecule has 2 atom stereocenters. The van der Waals surface area contributed by atoms with Crippen molar-refractivity contribution in [3.63, 3.8) is 0 Å². The summed E-state index contributed by atoms with van der Waals surface area (Å²) in [5.74, 6) is 3.12. The Kier molecular flexibility index (Phi) is 2.21. The van der Waals surface area contributed by atoms with Crippen molar-refractivity contribution in [1.29, 1.82) is 0 Å². The second-order valence-electron chi connectivity index (χ2n) is 4.95. The van der Waals surface area contributed by atoms with Crippen LogP contribution in [0.25, 0.3) is 0 Å². The Morgan fingerprint density at radius 1 is 1.19 bits per heavy atom. The minimum atomic E-state index is 0.555. The van der Waals surface area contributed by atoms with Crippen LogP contribution in [0.1, 0.15) is 0 Å². The summed E-state index contributed by atoms with van der Waals surface area (Å²) in [4.78, 5) is 13.0. The van der Waals surface area contributed by atoms with E-state index in [1.165, 1.54) is 13.1 Å². The number of aromatic nitrogens is 2. The van der Waals surface area contributed by atoms with Crippen molar-refractivity contribution >= 4 is 11.6 Å². The molecule has 2 aliphatic rings. The third kappa shape index (κ3) is 1.61. The summed E-state index contributed by atoms with van der Waals surface area (Å²) in [7, 11) is 2.20. The fourth-order valence-electron chi connectivity index (χ4n) is 2.95. The second-order valence-corrected chi connectivity index (χ2v) is 4.95. The molecule has 0 aromatic carbocycles. The Labute approximate surface area is 95.3 Å². The standard InChI is InChI=1S/C11H17N5/c1-15-3-8-5-16(6-9(8)4-15)11-2-10(12)13-7-14-11/h2,7-9H,3-6H2,1H3,(H2,12,13,14)/t8-,9-/m0/s1. The molecular formula is C11H17N5. The van der Waals surface area contributed by atoms with Crippen LogP contribution in [0, 0.1) is 11.8 Å². The van der Waals surface area contributed by atoms with E-state index < -0.39 is 0 Å². The number of hydrogen-bond donors (Lipinski definition) is 1. The predicted octanol–water partition coefficient (Wildman–Crippen LogP) is 0.0566. The lowest BCUT2D eigenvalue weighted by Gasteiger charge is -2.20. The molecular weight excluding hydrogens is 202 g/mol. The Hall–Kier alpha value is -1.36. The van der Waals surface area contributed by atoms with Crippen molar-refractivity contribution in [1.82, 2.24) is 14.9 Å². The number of nitrogens with zero attached hydrogens (tertiary/aromatic N) is 4. The van der Waals surface area contributed by atoms with Gasteiger partial charge in [0, 0.05) is 32.2 Å². The van der Waals surface area contributed by atoms with E-state index in [1.807, 2.05) is 6.07 Å². The van der Waals surface area contributed by atoms with Gasteiger partial charge in [-0.25, -0.2) is 9.97 Å². The fourth-order valence-corrected chi connectivity index (χ4v) is 2.95. The third-order valence-corrected chi connectivity index (χ3v) is 3.67. The number of nitrogen functional groups attached to an aromatic ring is 1. The molecule has 1 aromatic heterocycles. The maximum Gasteiger partial charge on any atom is 0.134 e. The highest BCUT2D eigenvalue weighted by atomic mass is 15.3. The molecule has 0 radical (unpaired) electrons. The smallest absolute Gasteiger partial charge is 0.134 e. The van der Waals surface area contributed by atoms with E-state index in [0.29, 0.717) is 5.82 Å². The van der Waals surface area contributed by atoms with Gasteiger partial charge in [0.05, 0.1) is 0 Å². The van der Waals surface area contributed by atoms with Crippen molar-refractivity contribution in [3.05, 3.63) is 12.4 Å². The summed E-state index contributed by atoms with van der Waals surface area (Å²) in [6.07, 6.45) is 1.55. The highest BCUT2D eigenvalue weighted by Crippen LogP contribution is 2.32. The summed E-state index contributed by atoms with van der Waals surface area (Å²) < 4.78 is 0. The molecule has 86 valence electrons. The minimum absolute atomic E-state index is 0.555. The number of rotatable bonds is 1. The van der Waals surface area contributed by atoms with Crippen LogP contribution in [0.5, 0.6) is 0 Å². The van der Waals surface area contributed by atoms with Crippen molar-refractivity contribution in [2.24, 2.45) is 11.8 Å². The van der Waals surface area contributed by atoms with Crippen LogP contribution >= 0.6 is 0 Å². The van der Waals surface area contributed by atoms with E-state index in [1.54, 1.807) is 6.33 Å². The minimum Gasteiger partial charge on any atom is -0.384 e. The first-order valence-corrected chi connectivity index (χ1v) is 5.73. The average molecular weight is 219 g/mol. The van der Waals surface area contributed by atoms with Gasteiger partial charge in [-0.05, 0) is 18.9 Å². The van der Waals surface area contributed by atoms with Crippen molar-refractivity contribution in [3.8, 4) is 0 Å². The lowest BCUT2D eigenvalue weighted by molar-refractivity contribution is 0.387. The van der Waals surface area contributed by atoms with E-state index in [0.717, 1.165) is 30.7 Å². The van der Waals surface area contributed by atoms with Gasteiger partial charge >= 0.3 is 0 Å². The SMILES string of the molecule is CN1C[C@H]2CN(c3cc(N)ncn3)C[C@@H]2C1. The first kappa shape index (κ1) is 9.84. The summed E-state index contributed by atoms with van der Waals surface area (Å²) >= 11 is 0. The van der Waals surface area contributed by atoms with E-state index in [4.69, 9.17) is 5.73 Å². The molecule has 3 heterocycles. The Morgan fingerprint density at radius 3 is 2.50 bits per heavy atom. The molecule has 0 bridgehead atoms. The normalized spacial score (nSPS) is 29.7. The monoisotopic (exact) mass is 219 g/mol. The molecule has 0 amide bonds. The summed E-state index contributed by atoms with van der Waals surface area (Å²) in [5, 5.41) is 0. The van der Waals surface area contributed by atoms with Crippen LogP contribution < -0.4 is 10.6 Å². The van der Waals surface area contributed by atoms with E-state index in [-0.39, 0.29) is 0 Å². The molecule has 2 fully saturated rings. The Bertz CT molecular complexity index is 380. The Morgan fingerprint density at radius 2 is 1.88 bits per heavy atom. The van der Waals surface area contributed by atoms with Gasteiger partial charge in [-0.2, -0.15) is 0 Å². The van der Waals surface area contributed by atoms with Gasteiger partial charge < -0.3 is 15.5 Å². The van der Waals surface area contributed by atoms with Gasteiger partial charge in [-0.3, -0.25) is 0 Å². The van der Waals surface area contributed by atoms with Crippen molar-refractivity contribution in [2.45, 2.75) is 0 Å². The third-order valence-electron chi connectivity index (χ3n) is 3.67. The lowest BCUT2D eigenvalue weighted by Crippen LogP contribution is -2.27. The number of anilines is 2. The molecule has 0 aliphatic carbocycles. The molecule has 5 heteroatoms. The largest absolute Gasteiger partial charge is 0.384 e. The molecule has 16 heavy (non-hydrogen) atoms. The van der Waals surface area contributed by atoms with Gasteiger partial charge in [-0.1, -0.05) is 0 Å². The molecule has 0 spiro atoms. The molecule has 2 aliphatic heterocycles. The quantitative estimate of drug-likeness (QED) is 0.723. The zero-order chi connectivity index (χ0) is 11.1. The topological polar surface area (TPSA) is 58.3 Å². The zero-order valence-corrected chi connectivity index (χ0v) is 9.50. The molecule has 0 unspecified atom stereocenters. The number of nitrogens with two attached hydrogens (primary N) is 1. The van der Waals surface area contributed by atoms with Crippen molar-refractivity contribution < 1.29 is 0 Å². The maximum atomic E-state index is 5.68. The van der Waals surface area contributed by atoms with E-state index in [9.17, 15) is 0 Å². The first-order chi connectivity index (χ1) is 7.72. The van der Waals surface area contributed by atoms with Crippen LogP contribution in [-0.2, 0) is 0 Å². The van der Waals surface area contributed by atoms with Gasteiger partial charge in [0.15, 0.2) is 0 Å². The first-order valence-electron chi connectivity index (χ1n) is 5.73. The highest BCUT2D eigenvalue weighted by Gasteiger charge is 2.38. The number of likely N-dealkylation sites (tertiary alicyclic amines) is 1. The van der Waals surface area contributed by atoms with Crippen molar-refractivity contribution in [2.75, 3.05) is 43.9 Å². The second kappa shape index (κ2) is 3.59. The molecule has 2 saturated heterocycles. The lowest BCUT2D eigenvalue weighted by atomic mass is 10.0. The van der Waals surface area contributed by atoms with Crippen LogP contribution in [0.2, 0.25) is 0 Å². The van der Waals surface area contributed by atoms with Gasteiger partial charge in [0.25, 0.3) is 0 Å². The van der Waals surface area contributed by atoms with Gasteiger partial charge in [0.1, 0.15) is 18.0 Å².